The topological polar surface area (TPSA) is 85.8 Å². The fourth-order valence-corrected chi connectivity index (χ4v) is 3.82. The van der Waals surface area contributed by atoms with Gasteiger partial charge in [-0.2, -0.15) is 13.2 Å². The van der Waals surface area contributed by atoms with Crippen molar-refractivity contribution in [1.82, 2.24) is 14.5 Å². The van der Waals surface area contributed by atoms with Gasteiger partial charge in [0.2, 0.25) is 0 Å². The molecular formula is C24H16F3N5O. The van der Waals surface area contributed by atoms with Crippen LogP contribution in [0.5, 0.6) is 0 Å². The molecule has 0 bridgehead atoms. The first-order valence-electron chi connectivity index (χ1n) is 9.90. The normalized spacial score (nSPS) is 11.8. The van der Waals surface area contributed by atoms with Crippen molar-refractivity contribution in [3.8, 4) is 16.8 Å². The molecule has 0 aliphatic carbocycles. The highest BCUT2D eigenvalue weighted by Crippen LogP contribution is 2.32. The van der Waals surface area contributed by atoms with Crippen LogP contribution < -0.4 is 16.8 Å². The van der Waals surface area contributed by atoms with Gasteiger partial charge in [-0.1, -0.05) is 12.1 Å². The average Bonchev–Trinajstić information content (AvgIpc) is 2.83. The van der Waals surface area contributed by atoms with Gasteiger partial charge in [0.1, 0.15) is 5.82 Å². The van der Waals surface area contributed by atoms with Crippen molar-refractivity contribution in [2.75, 3.05) is 5.43 Å². The maximum Gasteiger partial charge on any atom is 0.416 e. The second-order valence-corrected chi connectivity index (χ2v) is 7.43. The molecule has 9 heteroatoms. The van der Waals surface area contributed by atoms with Crippen LogP contribution in [-0.2, 0) is 6.18 Å². The summed E-state index contributed by atoms with van der Waals surface area (Å²) in [6, 6.07) is 16.7. The van der Waals surface area contributed by atoms with Crippen LogP contribution >= 0.6 is 0 Å². The van der Waals surface area contributed by atoms with Crippen molar-refractivity contribution in [2.24, 2.45) is 5.84 Å². The summed E-state index contributed by atoms with van der Waals surface area (Å²) in [5.74, 6) is 5.88. The van der Waals surface area contributed by atoms with Crippen LogP contribution in [-0.4, -0.2) is 14.5 Å². The molecule has 0 aliphatic rings. The standard InChI is InChI=1S/C24H16F3N5O/c25-24(26,27)17-2-1-3-18(11-17)32-22(33)9-6-16-13-29-20-7-4-14(10-19(20)23(16)32)15-5-8-21(31-28)30-12-15/h1-13H,28H2,(H,30,31). The number of pyridine rings is 3. The van der Waals surface area contributed by atoms with Crippen molar-refractivity contribution in [3.63, 3.8) is 0 Å². The number of halogens is 3. The van der Waals surface area contributed by atoms with E-state index in [1.807, 2.05) is 18.2 Å². The molecule has 3 aromatic heterocycles. The molecular weight excluding hydrogens is 431 g/mol. The van der Waals surface area contributed by atoms with Crippen LogP contribution in [0.1, 0.15) is 5.56 Å². The van der Waals surface area contributed by atoms with E-state index in [1.54, 1.807) is 30.6 Å². The average molecular weight is 447 g/mol. The van der Waals surface area contributed by atoms with Gasteiger partial charge < -0.3 is 5.43 Å². The number of nitrogens with one attached hydrogen (secondary N) is 1. The molecule has 0 saturated heterocycles. The summed E-state index contributed by atoms with van der Waals surface area (Å²) in [6.45, 7) is 0. The van der Waals surface area contributed by atoms with E-state index < -0.39 is 17.3 Å². The third kappa shape index (κ3) is 3.68. The number of hydrogen-bond donors (Lipinski definition) is 2. The number of anilines is 1. The van der Waals surface area contributed by atoms with E-state index >= 15 is 0 Å². The Morgan fingerprint density at radius 3 is 2.42 bits per heavy atom. The molecule has 6 nitrogen and oxygen atoms in total. The molecule has 0 atom stereocenters. The third-order valence-corrected chi connectivity index (χ3v) is 5.39. The number of nitrogens with two attached hydrogens (primary N) is 1. The minimum absolute atomic E-state index is 0.123. The van der Waals surface area contributed by atoms with Gasteiger partial charge in [0, 0.05) is 40.5 Å². The predicted octanol–water partition coefficient (Wildman–Crippen LogP) is 4.91. The number of fused-ring (bicyclic) bond motifs is 3. The zero-order valence-corrected chi connectivity index (χ0v) is 17.0. The summed E-state index contributed by atoms with van der Waals surface area (Å²) in [5, 5.41) is 1.25. The van der Waals surface area contributed by atoms with Crippen molar-refractivity contribution >= 4 is 27.6 Å². The quantitative estimate of drug-likeness (QED) is 0.233. The summed E-state index contributed by atoms with van der Waals surface area (Å²) in [5.41, 5.74) is 4.00. The summed E-state index contributed by atoms with van der Waals surface area (Å²) in [7, 11) is 0. The van der Waals surface area contributed by atoms with Crippen LogP contribution in [0.2, 0.25) is 0 Å². The lowest BCUT2D eigenvalue weighted by molar-refractivity contribution is -0.137. The van der Waals surface area contributed by atoms with Gasteiger partial charge in [0.05, 0.1) is 16.6 Å². The Bertz CT molecular complexity index is 1560. The third-order valence-electron chi connectivity index (χ3n) is 5.39. The number of hydrazine groups is 1. The highest BCUT2D eigenvalue weighted by atomic mass is 19.4. The lowest BCUT2D eigenvalue weighted by Crippen LogP contribution is -2.18. The summed E-state index contributed by atoms with van der Waals surface area (Å²) < 4.78 is 41.3. The Labute approximate surface area is 185 Å². The Balaban J connectivity index is 1.80. The van der Waals surface area contributed by atoms with Crippen LogP contribution in [0.25, 0.3) is 38.6 Å². The highest BCUT2D eigenvalue weighted by Gasteiger charge is 2.30. The van der Waals surface area contributed by atoms with E-state index in [1.165, 1.54) is 22.8 Å². The lowest BCUT2D eigenvalue weighted by Gasteiger charge is -2.15. The van der Waals surface area contributed by atoms with Gasteiger partial charge in [-0.3, -0.25) is 14.3 Å². The maximum atomic E-state index is 13.3. The number of rotatable bonds is 3. The Morgan fingerprint density at radius 1 is 0.879 bits per heavy atom. The van der Waals surface area contributed by atoms with E-state index in [-0.39, 0.29) is 5.69 Å². The molecule has 3 heterocycles. The predicted molar refractivity (Wildman–Crippen MR) is 121 cm³/mol. The molecule has 164 valence electrons. The molecule has 5 aromatic rings. The number of nitrogen functional groups attached to an aromatic ring is 1. The molecule has 0 spiro atoms. The minimum Gasteiger partial charge on any atom is -0.308 e. The Morgan fingerprint density at radius 2 is 1.70 bits per heavy atom. The number of nitrogens with zero attached hydrogens (tertiary/aromatic N) is 3. The number of benzene rings is 2. The van der Waals surface area contributed by atoms with Gasteiger partial charge in [-0.25, -0.2) is 10.8 Å². The van der Waals surface area contributed by atoms with Crippen molar-refractivity contribution in [2.45, 2.75) is 6.18 Å². The van der Waals surface area contributed by atoms with Gasteiger partial charge in [0.15, 0.2) is 0 Å². The van der Waals surface area contributed by atoms with Crippen molar-refractivity contribution < 1.29 is 13.2 Å². The zero-order valence-electron chi connectivity index (χ0n) is 17.0. The molecule has 0 unspecified atom stereocenters. The molecule has 0 saturated carbocycles. The number of aromatic nitrogens is 3. The summed E-state index contributed by atoms with van der Waals surface area (Å²) >= 11 is 0. The van der Waals surface area contributed by atoms with Gasteiger partial charge >= 0.3 is 6.18 Å². The second-order valence-electron chi connectivity index (χ2n) is 7.43. The van der Waals surface area contributed by atoms with Crippen molar-refractivity contribution in [1.29, 1.82) is 0 Å². The van der Waals surface area contributed by atoms with Crippen LogP contribution in [0.15, 0.2) is 83.9 Å². The first-order valence-corrected chi connectivity index (χ1v) is 9.90. The van der Waals surface area contributed by atoms with E-state index in [2.05, 4.69) is 15.4 Å². The van der Waals surface area contributed by atoms with Gasteiger partial charge in [-0.05, 0) is 54.1 Å². The van der Waals surface area contributed by atoms with Crippen LogP contribution in [0.4, 0.5) is 19.0 Å². The van der Waals surface area contributed by atoms with Crippen LogP contribution in [0.3, 0.4) is 0 Å². The van der Waals surface area contributed by atoms with Crippen molar-refractivity contribution in [3.05, 3.63) is 95.0 Å². The van der Waals surface area contributed by atoms with E-state index in [0.717, 1.165) is 23.3 Å². The summed E-state index contributed by atoms with van der Waals surface area (Å²) in [4.78, 5) is 21.6. The largest absolute Gasteiger partial charge is 0.416 e. The fourth-order valence-electron chi connectivity index (χ4n) is 3.82. The molecule has 0 amide bonds. The van der Waals surface area contributed by atoms with Gasteiger partial charge in [-0.15, -0.1) is 0 Å². The molecule has 33 heavy (non-hydrogen) atoms. The zero-order chi connectivity index (χ0) is 23.2. The smallest absolute Gasteiger partial charge is 0.308 e. The SMILES string of the molecule is NNc1ccc(-c2ccc3ncc4ccc(=O)n(-c5cccc(C(F)(F)F)c5)c4c3c2)cn1. The lowest BCUT2D eigenvalue weighted by atomic mass is 10.0. The van der Waals surface area contributed by atoms with E-state index in [4.69, 9.17) is 5.84 Å². The summed E-state index contributed by atoms with van der Waals surface area (Å²) in [6.07, 6.45) is -1.28. The number of hydrogen-bond acceptors (Lipinski definition) is 5. The number of alkyl halides is 3. The monoisotopic (exact) mass is 447 g/mol. The molecule has 2 aromatic carbocycles. The van der Waals surface area contributed by atoms with E-state index in [9.17, 15) is 18.0 Å². The molecule has 0 radical (unpaired) electrons. The maximum absolute atomic E-state index is 13.3. The molecule has 3 N–H and O–H groups in total. The highest BCUT2D eigenvalue weighted by molar-refractivity contribution is 6.05. The molecule has 0 aliphatic heterocycles. The van der Waals surface area contributed by atoms with E-state index in [0.29, 0.717) is 27.6 Å². The van der Waals surface area contributed by atoms with Gasteiger partial charge in [0.25, 0.3) is 5.56 Å². The second kappa shape index (κ2) is 7.72. The molecule has 0 fully saturated rings. The fraction of sp³-hybridized carbons (Fsp3) is 0.0417. The first-order chi connectivity index (χ1) is 15.8. The van der Waals surface area contributed by atoms with Crippen LogP contribution in [0, 0.1) is 0 Å². The first kappa shape index (κ1) is 20.7. The Kier molecular flexibility index (Phi) is 4.83. The molecule has 5 rings (SSSR count). The minimum atomic E-state index is -4.53. The Hall–Kier alpha value is -4.24.